The molecule has 0 fully saturated rings. The van der Waals surface area contributed by atoms with E-state index in [1.165, 1.54) is 10.1 Å². The van der Waals surface area contributed by atoms with Crippen LogP contribution in [0.25, 0.3) is 11.2 Å². The van der Waals surface area contributed by atoms with E-state index in [1.807, 2.05) is 29.7 Å². The van der Waals surface area contributed by atoms with E-state index in [0.29, 0.717) is 29.6 Å². The molecule has 124 valence electrons. The quantitative estimate of drug-likeness (QED) is 0.736. The van der Waals surface area contributed by atoms with Gasteiger partial charge >= 0.3 is 5.69 Å². The van der Waals surface area contributed by atoms with Crippen molar-refractivity contribution in [2.24, 2.45) is 13.0 Å². The molecule has 3 heterocycles. The predicted octanol–water partition coefficient (Wildman–Crippen LogP) is 1.52. The van der Waals surface area contributed by atoms with Gasteiger partial charge in [-0.25, -0.2) is 4.79 Å². The number of imidazole rings is 1. The zero-order valence-corrected chi connectivity index (χ0v) is 13.9. The lowest BCUT2D eigenvalue weighted by atomic mass is 10.1. The van der Waals surface area contributed by atoms with Gasteiger partial charge in [0.1, 0.15) is 0 Å². The number of anilines is 2. The number of nitrogens with one attached hydrogen (secondary N) is 1. The van der Waals surface area contributed by atoms with Crippen LogP contribution in [0, 0.1) is 12.8 Å². The summed E-state index contributed by atoms with van der Waals surface area (Å²) in [5, 5.41) is 0. The van der Waals surface area contributed by atoms with Gasteiger partial charge in [0.2, 0.25) is 5.95 Å². The summed E-state index contributed by atoms with van der Waals surface area (Å²) in [5.74, 6) is 1.06. The molecule has 3 aromatic rings. The van der Waals surface area contributed by atoms with Gasteiger partial charge in [0.25, 0.3) is 5.56 Å². The first-order valence-corrected chi connectivity index (χ1v) is 7.99. The van der Waals surface area contributed by atoms with Crippen molar-refractivity contribution >= 4 is 22.8 Å². The lowest BCUT2D eigenvalue weighted by Gasteiger charge is -2.33. The van der Waals surface area contributed by atoms with Gasteiger partial charge in [-0.3, -0.25) is 14.3 Å². The Kier molecular flexibility index (Phi) is 3.13. The molecule has 0 aliphatic carbocycles. The van der Waals surface area contributed by atoms with Crippen LogP contribution in [-0.2, 0) is 13.6 Å². The van der Waals surface area contributed by atoms with E-state index >= 15 is 0 Å². The number of nitrogens with zero attached hydrogens (tertiary/aromatic N) is 4. The summed E-state index contributed by atoms with van der Waals surface area (Å²) in [6, 6.07) is 8.21. The van der Waals surface area contributed by atoms with Gasteiger partial charge in [-0.1, -0.05) is 19.1 Å². The average Bonchev–Trinajstić information content (AvgIpc) is 2.91. The van der Waals surface area contributed by atoms with Crippen molar-refractivity contribution in [3.8, 4) is 0 Å². The molecule has 2 aromatic heterocycles. The molecule has 1 aliphatic heterocycles. The van der Waals surface area contributed by atoms with E-state index in [1.54, 1.807) is 7.05 Å². The Balaban J connectivity index is 2.02. The van der Waals surface area contributed by atoms with Gasteiger partial charge in [0, 0.05) is 25.8 Å². The van der Waals surface area contributed by atoms with Crippen LogP contribution in [0.4, 0.5) is 11.6 Å². The summed E-state index contributed by atoms with van der Waals surface area (Å²) >= 11 is 0. The molecule has 0 radical (unpaired) electrons. The molecule has 24 heavy (non-hydrogen) atoms. The first-order valence-electron chi connectivity index (χ1n) is 7.99. The lowest BCUT2D eigenvalue weighted by Crippen LogP contribution is -2.35. The van der Waals surface area contributed by atoms with E-state index in [9.17, 15) is 9.59 Å². The van der Waals surface area contributed by atoms with E-state index in [-0.39, 0.29) is 5.56 Å². The Hall–Kier alpha value is -2.83. The van der Waals surface area contributed by atoms with Gasteiger partial charge in [-0.2, -0.15) is 4.98 Å². The number of H-pyrrole nitrogens is 1. The van der Waals surface area contributed by atoms with E-state index in [4.69, 9.17) is 0 Å². The van der Waals surface area contributed by atoms with Crippen molar-refractivity contribution in [2.75, 3.05) is 11.4 Å². The highest BCUT2D eigenvalue weighted by molar-refractivity contribution is 5.77. The Morgan fingerprint density at radius 3 is 2.79 bits per heavy atom. The third-order valence-corrected chi connectivity index (χ3v) is 4.53. The van der Waals surface area contributed by atoms with Crippen molar-refractivity contribution in [1.82, 2.24) is 19.1 Å². The van der Waals surface area contributed by atoms with E-state index in [2.05, 4.69) is 27.9 Å². The third kappa shape index (κ3) is 2.08. The second-order valence-corrected chi connectivity index (χ2v) is 6.57. The molecule has 7 nitrogen and oxygen atoms in total. The summed E-state index contributed by atoms with van der Waals surface area (Å²) in [5.41, 5.74) is 2.25. The predicted molar refractivity (Wildman–Crippen MR) is 92.9 cm³/mol. The zero-order valence-electron chi connectivity index (χ0n) is 13.9. The number of aromatic amines is 1. The summed E-state index contributed by atoms with van der Waals surface area (Å²) < 4.78 is 3.31. The summed E-state index contributed by atoms with van der Waals surface area (Å²) in [6.07, 6.45) is 0. The monoisotopic (exact) mass is 325 g/mol. The molecule has 0 bridgehead atoms. The normalized spacial score (nSPS) is 17.3. The van der Waals surface area contributed by atoms with Gasteiger partial charge in [-0.15, -0.1) is 0 Å². The zero-order chi connectivity index (χ0) is 17.0. The molecule has 0 saturated heterocycles. The number of aryl methyl sites for hydroxylation is 2. The maximum atomic E-state index is 12.3. The van der Waals surface area contributed by atoms with Crippen molar-refractivity contribution in [3.63, 3.8) is 0 Å². The van der Waals surface area contributed by atoms with Crippen molar-refractivity contribution in [1.29, 1.82) is 0 Å². The summed E-state index contributed by atoms with van der Waals surface area (Å²) in [4.78, 5) is 33.3. The highest BCUT2D eigenvalue weighted by Crippen LogP contribution is 2.32. The van der Waals surface area contributed by atoms with Gasteiger partial charge in [0.15, 0.2) is 11.2 Å². The van der Waals surface area contributed by atoms with Crippen LogP contribution in [0.15, 0.2) is 33.9 Å². The molecule has 7 heteroatoms. The standard InChI is InChI=1S/C17H19N5O2/c1-10-5-4-6-12(7-10)21-8-11(2)9-22-13-14(18-16(21)22)20(3)17(24)19-15(13)23/h4-7,11H,8-9H2,1-3H3,(H,19,23,24)/t11-/m0/s1. The fourth-order valence-electron chi connectivity index (χ4n) is 3.38. The minimum Gasteiger partial charge on any atom is -0.312 e. The second-order valence-electron chi connectivity index (χ2n) is 6.57. The number of rotatable bonds is 1. The third-order valence-electron chi connectivity index (χ3n) is 4.53. The molecule has 1 atom stereocenters. The molecular weight excluding hydrogens is 306 g/mol. The van der Waals surface area contributed by atoms with Crippen LogP contribution < -0.4 is 16.1 Å². The number of hydrogen-bond donors (Lipinski definition) is 1. The minimum atomic E-state index is -0.446. The molecule has 0 amide bonds. The maximum absolute atomic E-state index is 12.3. The van der Waals surface area contributed by atoms with Crippen molar-refractivity contribution in [2.45, 2.75) is 20.4 Å². The highest BCUT2D eigenvalue weighted by Gasteiger charge is 2.28. The molecule has 0 unspecified atom stereocenters. The second kappa shape index (κ2) is 5.09. The van der Waals surface area contributed by atoms with Gasteiger partial charge < -0.3 is 9.47 Å². The number of aromatic nitrogens is 4. The average molecular weight is 325 g/mol. The van der Waals surface area contributed by atoms with Crippen LogP contribution in [0.5, 0.6) is 0 Å². The van der Waals surface area contributed by atoms with Crippen molar-refractivity contribution in [3.05, 3.63) is 50.7 Å². The van der Waals surface area contributed by atoms with E-state index in [0.717, 1.165) is 12.2 Å². The summed E-state index contributed by atoms with van der Waals surface area (Å²) in [7, 11) is 1.63. The number of fused-ring (bicyclic) bond motifs is 3. The Morgan fingerprint density at radius 2 is 2.04 bits per heavy atom. The van der Waals surface area contributed by atoms with Crippen LogP contribution >= 0.6 is 0 Å². The van der Waals surface area contributed by atoms with E-state index < -0.39 is 5.69 Å². The van der Waals surface area contributed by atoms with Crippen LogP contribution in [0.1, 0.15) is 12.5 Å². The van der Waals surface area contributed by atoms with Crippen LogP contribution in [0.2, 0.25) is 0 Å². The molecule has 1 aliphatic rings. The molecule has 1 N–H and O–H groups in total. The fraction of sp³-hybridized carbons (Fsp3) is 0.353. The van der Waals surface area contributed by atoms with Gasteiger partial charge in [-0.05, 0) is 30.5 Å². The van der Waals surface area contributed by atoms with Crippen molar-refractivity contribution < 1.29 is 0 Å². The lowest BCUT2D eigenvalue weighted by molar-refractivity contribution is 0.458. The largest absolute Gasteiger partial charge is 0.329 e. The summed E-state index contributed by atoms with van der Waals surface area (Å²) in [6.45, 7) is 5.72. The first kappa shape index (κ1) is 14.7. The number of benzene rings is 1. The molecule has 0 saturated carbocycles. The smallest absolute Gasteiger partial charge is 0.312 e. The maximum Gasteiger partial charge on any atom is 0.329 e. The van der Waals surface area contributed by atoms with Crippen LogP contribution in [-0.4, -0.2) is 25.6 Å². The van der Waals surface area contributed by atoms with Gasteiger partial charge in [0.05, 0.1) is 0 Å². The minimum absolute atomic E-state index is 0.354. The Bertz CT molecular complexity index is 1060. The molecule has 4 rings (SSSR count). The Labute approximate surface area is 138 Å². The molecule has 1 aromatic carbocycles. The van der Waals surface area contributed by atoms with Crippen LogP contribution in [0.3, 0.4) is 0 Å². The molecule has 0 spiro atoms. The SMILES string of the molecule is Cc1cccc(N2C[C@H](C)Cn3c2nc2c3c(=O)[nH]c(=O)n2C)c1. The number of hydrogen-bond acceptors (Lipinski definition) is 4. The Morgan fingerprint density at radius 1 is 1.25 bits per heavy atom. The fourth-order valence-corrected chi connectivity index (χ4v) is 3.38. The first-order chi connectivity index (χ1) is 11.5. The topological polar surface area (TPSA) is 75.9 Å². The highest BCUT2D eigenvalue weighted by atomic mass is 16.2. The molecular formula is C17H19N5O2.